The summed E-state index contributed by atoms with van der Waals surface area (Å²) in [6.45, 7) is 4.24. The summed E-state index contributed by atoms with van der Waals surface area (Å²) in [6.07, 6.45) is 0. The van der Waals surface area contributed by atoms with Gasteiger partial charge in [0.25, 0.3) is 5.91 Å². The number of benzene rings is 2. The number of aliphatic imine (C=N–C) groups is 1. The first-order chi connectivity index (χ1) is 12.5. The molecule has 3 aromatic rings. The fourth-order valence-electron chi connectivity index (χ4n) is 3.79. The minimum Gasteiger partial charge on any atom is -0.370 e. The molecule has 0 bridgehead atoms. The molecule has 0 saturated carbocycles. The fourth-order valence-corrected chi connectivity index (χ4v) is 3.79. The molecule has 1 atom stereocenters. The van der Waals surface area contributed by atoms with E-state index in [1.165, 1.54) is 0 Å². The quantitative estimate of drug-likeness (QED) is 0.631. The zero-order chi connectivity index (χ0) is 18.1. The van der Waals surface area contributed by atoms with Crippen molar-refractivity contribution in [2.45, 2.75) is 25.4 Å². The van der Waals surface area contributed by atoms with Crippen molar-refractivity contribution in [3.63, 3.8) is 0 Å². The van der Waals surface area contributed by atoms with Gasteiger partial charge in [0.15, 0.2) is 5.96 Å². The third kappa shape index (κ3) is 1.74. The number of para-hydroxylation sites is 2. The van der Waals surface area contributed by atoms with E-state index >= 15 is 0 Å². The highest BCUT2D eigenvalue weighted by molar-refractivity contribution is 6.10. The van der Waals surface area contributed by atoms with Gasteiger partial charge in [0.2, 0.25) is 11.6 Å². The SMILES string of the molecule is CC(C)c1ccc2c(c1)[C@@]1(N=C(N)Nc3nc4ccccc4n31)C(=O)N2. The summed E-state index contributed by atoms with van der Waals surface area (Å²) in [6, 6.07) is 13.7. The van der Waals surface area contributed by atoms with Gasteiger partial charge < -0.3 is 11.1 Å². The fraction of sp³-hybridized carbons (Fsp3) is 0.211. The lowest BCUT2D eigenvalue weighted by atomic mass is 9.94. The predicted octanol–water partition coefficient (Wildman–Crippen LogP) is 2.55. The molecule has 2 aromatic carbocycles. The van der Waals surface area contributed by atoms with Gasteiger partial charge >= 0.3 is 0 Å². The molecule has 0 radical (unpaired) electrons. The van der Waals surface area contributed by atoms with E-state index in [0.717, 1.165) is 27.8 Å². The van der Waals surface area contributed by atoms with Gasteiger partial charge in [0.1, 0.15) is 0 Å². The summed E-state index contributed by atoms with van der Waals surface area (Å²) in [5.74, 6) is 0.778. The van der Waals surface area contributed by atoms with Crippen LogP contribution in [-0.2, 0) is 10.5 Å². The molecule has 3 heterocycles. The molecule has 1 spiro atoms. The summed E-state index contributed by atoms with van der Waals surface area (Å²) in [7, 11) is 0. The van der Waals surface area contributed by atoms with E-state index in [9.17, 15) is 4.79 Å². The highest BCUT2D eigenvalue weighted by Gasteiger charge is 2.52. The molecule has 0 unspecified atom stereocenters. The molecule has 1 aromatic heterocycles. The van der Waals surface area contributed by atoms with Crippen LogP contribution < -0.4 is 16.4 Å². The van der Waals surface area contributed by atoms with Crippen molar-refractivity contribution < 1.29 is 4.79 Å². The third-order valence-corrected chi connectivity index (χ3v) is 5.06. The number of aromatic nitrogens is 2. The van der Waals surface area contributed by atoms with Gasteiger partial charge in [-0.2, -0.15) is 0 Å². The average Bonchev–Trinajstić information content (AvgIpc) is 3.10. The highest BCUT2D eigenvalue weighted by Crippen LogP contribution is 2.46. The van der Waals surface area contributed by atoms with Gasteiger partial charge in [-0.15, -0.1) is 0 Å². The van der Waals surface area contributed by atoms with E-state index in [4.69, 9.17) is 5.73 Å². The molecule has 7 heteroatoms. The zero-order valence-corrected chi connectivity index (χ0v) is 14.4. The minimum atomic E-state index is -1.29. The molecule has 7 nitrogen and oxygen atoms in total. The number of amides is 1. The number of hydrogen-bond acceptors (Lipinski definition) is 5. The van der Waals surface area contributed by atoms with Crippen LogP contribution in [0.3, 0.4) is 0 Å². The molecular formula is C19H18N6O. The molecule has 2 aliphatic heterocycles. The predicted molar refractivity (Wildman–Crippen MR) is 101 cm³/mol. The first kappa shape index (κ1) is 14.9. The summed E-state index contributed by atoms with van der Waals surface area (Å²) < 4.78 is 1.84. The molecular weight excluding hydrogens is 328 g/mol. The Morgan fingerprint density at radius 1 is 1.15 bits per heavy atom. The van der Waals surface area contributed by atoms with Crippen molar-refractivity contribution in [1.82, 2.24) is 9.55 Å². The largest absolute Gasteiger partial charge is 0.370 e. The van der Waals surface area contributed by atoms with Crippen LogP contribution >= 0.6 is 0 Å². The van der Waals surface area contributed by atoms with E-state index < -0.39 is 5.66 Å². The van der Waals surface area contributed by atoms with Crippen molar-refractivity contribution in [2.24, 2.45) is 10.7 Å². The summed E-state index contributed by atoms with van der Waals surface area (Å²) >= 11 is 0. The van der Waals surface area contributed by atoms with Crippen molar-refractivity contribution in [1.29, 1.82) is 0 Å². The van der Waals surface area contributed by atoms with Crippen molar-refractivity contribution >= 4 is 34.5 Å². The molecule has 26 heavy (non-hydrogen) atoms. The molecule has 0 aliphatic carbocycles. The van der Waals surface area contributed by atoms with Gasteiger partial charge in [-0.05, 0) is 35.7 Å². The molecule has 5 rings (SSSR count). The van der Waals surface area contributed by atoms with Gasteiger partial charge in [0.05, 0.1) is 11.0 Å². The second-order valence-corrected chi connectivity index (χ2v) is 6.97. The number of nitrogens with one attached hydrogen (secondary N) is 2. The molecule has 130 valence electrons. The lowest BCUT2D eigenvalue weighted by molar-refractivity contribution is -0.121. The number of nitrogens with zero attached hydrogens (tertiary/aromatic N) is 3. The number of fused-ring (bicyclic) bond motifs is 6. The van der Waals surface area contributed by atoms with Crippen LogP contribution in [0.4, 0.5) is 11.6 Å². The molecule has 4 N–H and O–H groups in total. The summed E-state index contributed by atoms with van der Waals surface area (Å²) in [5.41, 5.74) is 9.04. The Labute approximate surface area is 149 Å². The van der Waals surface area contributed by atoms with Crippen molar-refractivity contribution in [3.8, 4) is 0 Å². The second kappa shape index (κ2) is 4.85. The average molecular weight is 346 g/mol. The van der Waals surface area contributed by atoms with Crippen LogP contribution in [0.15, 0.2) is 47.5 Å². The van der Waals surface area contributed by atoms with E-state index in [0.29, 0.717) is 11.9 Å². The normalized spacial score (nSPS) is 20.7. The zero-order valence-electron chi connectivity index (χ0n) is 14.4. The number of rotatable bonds is 1. The standard InChI is InChI=1S/C19H18N6O/c1-10(2)11-7-8-13-12(9-11)19(16(26)21-13)24-17(20)23-18-22-14-5-3-4-6-15(14)25(18)19/h3-10H,1-2H3,(H,21,26)(H3,20,22,23,24)/t19-/m0/s1. The Morgan fingerprint density at radius 3 is 2.77 bits per heavy atom. The Hall–Kier alpha value is -3.35. The lowest BCUT2D eigenvalue weighted by Gasteiger charge is -2.31. The van der Waals surface area contributed by atoms with E-state index in [-0.39, 0.29) is 11.9 Å². The Kier molecular flexibility index (Phi) is 2.79. The van der Waals surface area contributed by atoms with E-state index in [2.05, 4.69) is 34.5 Å². The summed E-state index contributed by atoms with van der Waals surface area (Å²) in [4.78, 5) is 22.4. The van der Waals surface area contributed by atoms with Gasteiger partial charge in [-0.1, -0.05) is 32.0 Å². The minimum absolute atomic E-state index is 0.172. The molecule has 1 amide bonds. The van der Waals surface area contributed by atoms with Crippen LogP contribution in [-0.4, -0.2) is 21.4 Å². The smallest absolute Gasteiger partial charge is 0.278 e. The monoisotopic (exact) mass is 346 g/mol. The number of hydrogen-bond donors (Lipinski definition) is 3. The van der Waals surface area contributed by atoms with E-state index in [1.54, 1.807) is 0 Å². The van der Waals surface area contributed by atoms with Gasteiger partial charge in [-0.3, -0.25) is 14.7 Å². The van der Waals surface area contributed by atoms with Gasteiger partial charge in [0, 0.05) is 11.3 Å². The van der Waals surface area contributed by atoms with Crippen LogP contribution in [0.1, 0.15) is 30.9 Å². The number of nitrogens with two attached hydrogens (primary N) is 1. The lowest BCUT2D eigenvalue weighted by Crippen LogP contribution is -2.47. The van der Waals surface area contributed by atoms with Gasteiger partial charge in [-0.25, -0.2) is 9.98 Å². The van der Waals surface area contributed by atoms with Crippen molar-refractivity contribution in [3.05, 3.63) is 53.6 Å². The molecule has 2 aliphatic rings. The highest BCUT2D eigenvalue weighted by atomic mass is 16.2. The summed E-state index contributed by atoms with van der Waals surface area (Å²) in [5, 5.41) is 5.95. The molecule has 0 fully saturated rings. The van der Waals surface area contributed by atoms with Crippen LogP contribution in [0.25, 0.3) is 11.0 Å². The number of imidazole rings is 1. The number of carbonyl (C=O) groups excluding carboxylic acids is 1. The number of anilines is 2. The first-order valence-corrected chi connectivity index (χ1v) is 8.57. The Balaban J connectivity index is 1.89. The maximum absolute atomic E-state index is 13.2. The topological polar surface area (TPSA) is 97.3 Å². The number of guanidine groups is 1. The Bertz CT molecular complexity index is 1110. The molecule has 0 saturated heterocycles. The van der Waals surface area contributed by atoms with Crippen LogP contribution in [0.2, 0.25) is 0 Å². The first-order valence-electron chi connectivity index (χ1n) is 8.57. The third-order valence-electron chi connectivity index (χ3n) is 5.06. The number of carbonyl (C=O) groups is 1. The maximum atomic E-state index is 13.2. The van der Waals surface area contributed by atoms with Crippen molar-refractivity contribution in [2.75, 3.05) is 10.6 Å². The maximum Gasteiger partial charge on any atom is 0.278 e. The second-order valence-electron chi connectivity index (χ2n) is 6.97. The van der Waals surface area contributed by atoms with Crippen LogP contribution in [0.5, 0.6) is 0 Å². The Morgan fingerprint density at radius 2 is 1.96 bits per heavy atom. The van der Waals surface area contributed by atoms with Crippen LogP contribution in [0, 0.1) is 0 Å². The van der Waals surface area contributed by atoms with E-state index in [1.807, 2.05) is 47.0 Å².